The molecule has 1 saturated carbocycles. The van der Waals surface area contributed by atoms with Gasteiger partial charge >= 0.3 is 0 Å². The van der Waals surface area contributed by atoms with E-state index in [2.05, 4.69) is 31.4 Å². The van der Waals surface area contributed by atoms with Gasteiger partial charge in [-0.05, 0) is 47.0 Å². The molecule has 1 heterocycles. The van der Waals surface area contributed by atoms with Crippen LogP contribution in [0.2, 0.25) is 0 Å². The first-order valence-electron chi connectivity index (χ1n) is 7.71. The summed E-state index contributed by atoms with van der Waals surface area (Å²) in [5.41, 5.74) is 1.41. The first-order valence-corrected chi connectivity index (χ1v) is 10.4. The third-order valence-electron chi connectivity index (χ3n) is 4.23. The Morgan fingerprint density at radius 2 is 2.00 bits per heavy atom. The predicted octanol–water partition coefficient (Wildman–Crippen LogP) is 3.49. The number of hydrogen-bond donors (Lipinski definition) is 2. The van der Waals surface area contributed by atoms with Crippen molar-refractivity contribution < 1.29 is 13.2 Å². The zero-order valence-electron chi connectivity index (χ0n) is 13.2. The molecule has 0 saturated heterocycles. The summed E-state index contributed by atoms with van der Waals surface area (Å²) >= 11 is 3.20. The minimum absolute atomic E-state index is 0.155. The highest BCUT2D eigenvalue weighted by Gasteiger charge is 2.20. The van der Waals surface area contributed by atoms with Gasteiger partial charge in [-0.2, -0.15) is 5.10 Å². The number of hydrogen-bond acceptors (Lipinski definition) is 4. The molecule has 0 bridgehead atoms. The molecule has 3 rings (SSSR count). The smallest absolute Gasteiger partial charge is 0.256 e. The minimum Gasteiger partial charge on any atom is -0.305 e. The first-order chi connectivity index (χ1) is 11.3. The van der Waals surface area contributed by atoms with E-state index in [0.717, 1.165) is 24.8 Å². The summed E-state index contributed by atoms with van der Waals surface area (Å²) in [6.45, 7) is 0. The van der Waals surface area contributed by atoms with Gasteiger partial charge in [0.25, 0.3) is 5.91 Å². The number of amides is 1. The van der Waals surface area contributed by atoms with Gasteiger partial charge in [0, 0.05) is 34.0 Å². The van der Waals surface area contributed by atoms with E-state index in [1.54, 1.807) is 0 Å². The van der Waals surface area contributed by atoms with Gasteiger partial charge in [0.15, 0.2) is 15.7 Å². The average molecular weight is 412 g/mol. The van der Waals surface area contributed by atoms with E-state index < -0.39 is 9.84 Å². The number of sulfone groups is 1. The standard InChI is InChI=1S/C16H18BrN3O3S/c1-24(22,23)14-7-6-11(8-12(14)17)16(21)18-15-9-13(19-20-15)10-4-2-3-5-10/h6-10H,2-5H2,1H3,(H2,18,19,20,21). The van der Waals surface area contributed by atoms with E-state index in [4.69, 9.17) is 0 Å². The number of nitrogens with zero attached hydrogens (tertiary/aromatic N) is 1. The van der Waals surface area contributed by atoms with Crippen LogP contribution in [0.3, 0.4) is 0 Å². The highest BCUT2D eigenvalue weighted by atomic mass is 79.9. The van der Waals surface area contributed by atoms with Gasteiger partial charge in [0.1, 0.15) is 0 Å². The number of anilines is 1. The van der Waals surface area contributed by atoms with E-state index >= 15 is 0 Å². The van der Waals surface area contributed by atoms with Crippen LogP contribution in [0.25, 0.3) is 0 Å². The summed E-state index contributed by atoms with van der Waals surface area (Å²) in [6, 6.07) is 6.27. The van der Waals surface area contributed by atoms with Gasteiger partial charge in [0.2, 0.25) is 0 Å². The molecule has 0 spiro atoms. The Morgan fingerprint density at radius 1 is 1.29 bits per heavy atom. The Morgan fingerprint density at radius 3 is 2.62 bits per heavy atom. The molecule has 6 nitrogen and oxygen atoms in total. The lowest BCUT2D eigenvalue weighted by Crippen LogP contribution is -2.12. The fourth-order valence-electron chi connectivity index (χ4n) is 2.98. The van der Waals surface area contributed by atoms with E-state index in [1.165, 1.54) is 31.0 Å². The number of carbonyl (C=O) groups is 1. The molecule has 1 aliphatic carbocycles. The Balaban J connectivity index is 1.74. The van der Waals surface area contributed by atoms with E-state index in [9.17, 15) is 13.2 Å². The molecule has 0 atom stereocenters. The molecule has 1 amide bonds. The minimum atomic E-state index is -3.34. The molecular formula is C16H18BrN3O3S. The number of carbonyl (C=O) groups excluding carboxylic acids is 1. The van der Waals surface area contributed by atoms with Crippen LogP contribution < -0.4 is 5.32 Å². The third kappa shape index (κ3) is 3.70. The summed E-state index contributed by atoms with van der Waals surface area (Å²) in [4.78, 5) is 12.5. The van der Waals surface area contributed by atoms with Crippen LogP contribution in [0.4, 0.5) is 5.82 Å². The van der Waals surface area contributed by atoms with Crippen molar-refractivity contribution in [1.82, 2.24) is 10.2 Å². The quantitative estimate of drug-likeness (QED) is 0.804. The summed E-state index contributed by atoms with van der Waals surface area (Å²) in [5, 5.41) is 9.87. The lowest BCUT2D eigenvalue weighted by Gasteiger charge is -2.06. The van der Waals surface area contributed by atoms with Crippen LogP contribution in [-0.4, -0.2) is 30.8 Å². The average Bonchev–Trinajstić information content (AvgIpc) is 3.16. The molecular weight excluding hydrogens is 394 g/mol. The molecule has 0 unspecified atom stereocenters. The molecule has 2 aromatic rings. The fourth-order valence-corrected chi connectivity index (χ4v) is 4.97. The molecule has 1 aromatic carbocycles. The van der Waals surface area contributed by atoms with Crippen molar-refractivity contribution in [3.8, 4) is 0 Å². The molecule has 8 heteroatoms. The molecule has 2 N–H and O–H groups in total. The molecule has 0 aliphatic heterocycles. The Labute approximate surface area is 149 Å². The molecule has 1 aliphatic rings. The molecule has 24 heavy (non-hydrogen) atoms. The maximum Gasteiger partial charge on any atom is 0.256 e. The van der Waals surface area contributed by atoms with Gasteiger partial charge in [-0.25, -0.2) is 8.42 Å². The number of rotatable bonds is 4. The van der Waals surface area contributed by atoms with Crippen molar-refractivity contribution in [2.24, 2.45) is 0 Å². The van der Waals surface area contributed by atoms with Crippen LogP contribution >= 0.6 is 15.9 Å². The van der Waals surface area contributed by atoms with Gasteiger partial charge in [-0.1, -0.05) is 12.8 Å². The zero-order chi connectivity index (χ0) is 17.3. The van der Waals surface area contributed by atoms with Crippen molar-refractivity contribution in [1.29, 1.82) is 0 Å². The number of H-pyrrole nitrogens is 1. The zero-order valence-corrected chi connectivity index (χ0v) is 15.6. The van der Waals surface area contributed by atoms with Crippen LogP contribution in [0, 0.1) is 0 Å². The lowest BCUT2D eigenvalue weighted by molar-refractivity contribution is 0.102. The topological polar surface area (TPSA) is 91.9 Å². The highest BCUT2D eigenvalue weighted by Crippen LogP contribution is 2.33. The Kier molecular flexibility index (Phi) is 4.78. The van der Waals surface area contributed by atoms with Gasteiger partial charge < -0.3 is 5.32 Å². The predicted molar refractivity (Wildman–Crippen MR) is 95.0 cm³/mol. The first kappa shape index (κ1) is 17.2. The number of aromatic nitrogens is 2. The monoisotopic (exact) mass is 411 g/mol. The summed E-state index contributed by atoms with van der Waals surface area (Å²) in [7, 11) is -3.34. The van der Waals surface area contributed by atoms with Crippen LogP contribution in [0.5, 0.6) is 0 Å². The van der Waals surface area contributed by atoms with Crippen molar-refractivity contribution in [2.75, 3.05) is 11.6 Å². The van der Waals surface area contributed by atoms with Crippen molar-refractivity contribution >= 4 is 37.5 Å². The summed E-state index contributed by atoms with van der Waals surface area (Å²) in [5.74, 6) is 0.636. The van der Waals surface area contributed by atoms with Crippen molar-refractivity contribution in [3.05, 3.63) is 40.0 Å². The maximum absolute atomic E-state index is 12.3. The maximum atomic E-state index is 12.3. The molecule has 1 aromatic heterocycles. The number of aromatic amines is 1. The number of halogens is 1. The number of benzene rings is 1. The van der Waals surface area contributed by atoms with Gasteiger partial charge in [0.05, 0.1) is 4.90 Å². The fraction of sp³-hybridized carbons (Fsp3) is 0.375. The van der Waals surface area contributed by atoms with Crippen molar-refractivity contribution in [2.45, 2.75) is 36.5 Å². The molecule has 1 fully saturated rings. The van der Waals surface area contributed by atoms with Crippen LogP contribution in [0.1, 0.15) is 47.7 Å². The van der Waals surface area contributed by atoms with E-state index in [0.29, 0.717) is 21.8 Å². The number of nitrogens with one attached hydrogen (secondary N) is 2. The van der Waals surface area contributed by atoms with Crippen LogP contribution in [0.15, 0.2) is 33.6 Å². The lowest BCUT2D eigenvalue weighted by atomic mass is 10.0. The van der Waals surface area contributed by atoms with Crippen molar-refractivity contribution in [3.63, 3.8) is 0 Å². The van der Waals surface area contributed by atoms with Crippen LogP contribution in [-0.2, 0) is 9.84 Å². The largest absolute Gasteiger partial charge is 0.305 e. The van der Waals surface area contributed by atoms with E-state index in [-0.39, 0.29) is 10.8 Å². The third-order valence-corrected chi connectivity index (χ3v) is 6.30. The van der Waals surface area contributed by atoms with E-state index in [1.807, 2.05) is 6.07 Å². The highest BCUT2D eigenvalue weighted by molar-refractivity contribution is 9.10. The molecule has 128 valence electrons. The Hall–Kier alpha value is -1.67. The van der Waals surface area contributed by atoms with Gasteiger partial charge in [-0.3, -0.25) is 9.89 Å². The Bertz CT molecular complexity index is 870. The SMILES string of the molecule is CS(=O)(=O)c1ccc(C(=O)Nc2cc(C3CCCC3)[nH]n2)cc1Br. The second-order valence-electron chi connectivity index (χ2n) is 6.06. The normalized spacial score (nSPS) is 15.6. The summed E-state index contributed by atoms with van der Waals surface area (Å²) < 4.78 is 23.6. The summed E-state index contributed by atoms with van der Waals surface area (Å²) in [6.07, 6.45) is 5.88. The van der Waals surface area contributed by atoms with Gasteiger partial charge in [-0.15, -0.1) is 0 Å². The second kappa shape index (κ2) is 6.68. The second-order valence-corrected chi connectivity index (χ2v) is 8.90. The molecule has 0 radical (unpaired) electrons.